The van der Waals surface area contributed by atoms with Crippen LogP contribution in [0.1, 0.15) is 68.7 Å². The molecule has 1 aliphatic rings. The Balaban J connectivity index is 1.60. The Kier molecular flexibility index (Phi) is 6.94. The van der Waals surface area contributed by atoms with E-state index < -0.39 is 30.1 Å². The van der Waals surface area contributed by atoms with Crippen molar-refractivity contribution >= 4 is 22.5 Å². The number of amides is 1. The van der Waals surface area contributed by atoms with E-state index in [1.165, 1.54) is 12.1 Å². The highest BCUT2D eigenvalue weighted by Crippen LogP contribution is 2.42. The maximum atomic E-state index is 13.1. The maximum absolute atomic E-state index is 13.1. The van der Waals surface area contributed by atoms with E-state index in [0.717, 1.165) is 43.9 Å². The molecule has 1 N–H and O–H groups in total. The molecular weight excluding hydrogens is 483 g/mol. The number of nitrogens with one attached hydrogen (secondary N) is 1. The minimum absolute atomic E-state index is 0.122. The first-order valence-electron chi connectivity index (χ1n) is 11.6. The molecule has 0 unspecified atom stereocenters. The molecule has 1 aliphatic carbocycles. The summed E-state index contributed by atoms with van der Waals surface area (Å²) in [5.74, 6) is -0.733. The summed E-state index contributed by atoms with van der Waals surface area (Å²) >= 11 is 0. The molecule has 0 atom stereocenters. The highest BCUT2D eigenvalue weighted by molar-refractivity contribution is 6.05. The van der Waals surface area contributed by atoms with Crippen molar-refractivity contribution < 1.29 is 31.5 Å². The van der Waals surface area contributed by atoms with E-state index in [4.69, 9.17) is 0 Å². The van der Waals surface area contributed by atoms with E-state index >= 15 is 0 Å². The summed E-state index contributed by atoms with van der Waals surface area (Å²) in [5, 5.41) is 7.47. The number of ether oxygens (including phenoxy) is 1. The van der Waals surface area contributed by atoms with E-state index in [9.17, 15) is 26.7 Å². The van der Waals surface area contributed by atoms with Crippen molar-refractivity contribution in [3.63, 3.8) is 0 Å². The number of carbonyl (C=O) groups excluding carboxylic acids is 1. The number of halogens is 5. The standard InChI is InChI=1S/C25H27F5N4O2/c1-24(2,3)15-7-9-16(10-8-15)34-13-14-11-19(20(36-23(26)27)12-18(14)33-34)32-22(35)17-5-4-6-21(31-17)25(28,29)30/h4-6,11-13,15-16,23H,7-10H2,1-3H3,(H,32,35). The second-order valence-corrected chi connectivity index (χ2v) is 10.1. The predicted octanol–water partition coefficient (Wildman–Crippen LogP) is 7.08. The quantitative estimate of drug-likeness (QED) is 0.373. The van der Waals surface area contributed by atoms with Gasteiger partial charge in [0.05, 0.1) is 17.2 Å². The van der Waals surface area contributed by atoms with Gasteiger partial charge in [0.15, 0.2) is 5.75 Å². The molecule has 0 saturated heterocycles. The monoisotopic (exact) mass is 510 g/mol. The molecule has 36 heavy (non-hydrogen) atoms. The van der Waals surface area contributed by atoms with Gasteiger partial charge < -0.3 is 10.1 Å². The van der Waals surface area contributed by atoms with E-state index in [1.807, 2.05) is 4.68 Å². The van der Waals surface area contributed by atoms with Gasteiger partial charge in [0.25, 0.3) is 5.91 Å². The normalized spacial score (nSPS) is 19.0. The third-order valence-electron chi connectivity index (χ3n) is 6.66. The molecule has 1 saturated carbocycles. The van der Waals surface area contributed by atoms with Crippen LogP contribution in [0.2, 0.25) is 0 Å². The minimum atomic E-state index is -4.74. The third kappa shape index (κ3) is 5.76. The Morgan fingerprint density at radius 2 is 1.81 bits per heavy atom. The molecule has 1 aromatic carbocycles. The SMILES string of the molecule is CC(C)(C)C1CCC(n2cc3cc(NC(=O)c4cccc(C(F)(F)F)n4)c(OC(F)F)cc3n2)CC1. The van der Waals surface area contributed by atoms with Crippen molar-refractivity contribution in [2.45, 2.75) is 65.3 Å². The number of aromatic nitrogens is 3. The van der Waals surface area contributed by atoms with E-state index in [2.05, 4.69) is 40.9 Å². The molecule has 4 rings (SSSR count). The second-order valence-electron chi connectivity index (χ2n) is 10.1. The number of hydrogen-bond donors (Lipinski definition) is 1. The number of pyridine rings is 1. The van der Waals surface area contributed by atoms with Crippen LogP contribution in [0, 0.1) is 11.3 Å². The van der Waals surface area contributed by atoms with Crippen molar-refractivity contribution in [3.05, 3.63) is 47.9 Å². The first kappa shape index (κ1) is 25.8. The number of hydrogen-bond acceptors (Lipinski definition) is 4. The Bertz CT molecular complexity index is 1240. The zero-order valence-electron chi connectivity index (χ0n) is 20.1. The van der Waals surface area contributed by atoms with Gasteiger partial charge in [0.1, 0.15) is 11.4 Å². The summed E-state index contributed by atoms with van der Waals surface area (Å²) in [5.41, 5.74) is -1.25. The van der Waals surface area contributed by atoms with Gasteiger partial charge in [-0.3, -0.25) is 9.48 Å². The molecule has 2 heterocycles. The van der Waals surface area contributed by atoms with Crippen LogP contribution in [0.5, 0.6) is 5.75 Å². The van der Waals surface area contributed by atoms with Crippen LogP contribution < -0.4 is 10.1 Å². The van der Waals surface area contributed by atoms with Crippen molar-refractivity contribution in [2.75, 3.05) is 5.32 Å². The van der Waals surface area contributed by atoms with Crippen LogP contribution in [0.15, 0.2) is 36.5 Å². The van der Waals surface area contributed by atoms with Gasteiger partial charge in [-0.1, -0.05) is 26.8 Å². The fourth-order valence-corrected chi connectivity index (χ4v) is 4.66. The fraction of sp³-hybridized carbons (Fsp3) is 0.480. The van der Waals surface area contributed by atoms with E-state index in [-0.39, 0.29) is 22.9 Å². The number of nitrogens with zero attached hydrogens (tertiary/aromatic N) is 3. The van der Waals surface area contributed by atoms with Gasteiger partial charge in [-0.15, -0.1) is 0 Å². The maximum Gasteiger partial charge on any atom is 0.433 e. The average Bonchev–Trinajstić information content (AvgIpc) is 3.20. The summed E-state index contributed by atoms with van der Waals surface area (Å²) in [6.07, 6.45) is 1.01. The van der Waals surface area contributed by atoms with Gasteiger partial charge in [0.2, 0.25) is 0 Å². The van der Waals surface area contributed by atoms with Crippen molar-refractivity contribution in [1.82, 2.24) is 14.8 Å². The molecule has 194 valence electrons. The highest BCUT2D eigenvalue weighted by atomic mass is 19.4. The van der Waals surface area contributed by atoms with Crippen LogP contribution in [-0.4, -0.2) is 27.3 Å². The summed E-state index contributed by atoms with van der Waals surface area (Å²) < 4.78 is 71.5. The molecule has 0 spiro atoms. The average molecular weight is 511 g/mol. The lowest BCUT2D eigenvalue weighted by molar-refractivity contribution is -0.141. The molecular formula is C25H27F5N4O2. The van der Waals surface area contributed by atoms with Gasteiger partial charge in [0, 0.05) is 17.6 Å². The summed E-state index contributed by atoms with van der Waals surface area (Å²) in [6, 6.07) is 5.74. The molecule has 0 aliphatic heterocycles. The number of benzene rings is 1. The van der Waals surface area contributed by atoms with Crippen molar-refractivity contribution in [1.29, 1.82) is 0 Å². The molecule has 0 radical (unpaired) electrons. The molecule has 1 fully saturated rings. The van der Waals surface area contributed by atoms with Gasteiger partial charge in [-0.25, -0.2) is 4.98 Å². The predicted molar refractivity (Wildman–Crippen MR) is 124 cm³/mol. The molecule has 0 bridgehead atoms. The first-order valence-corrected chi connectivity index (χ1v) is 11.6. The van der Waals surface area contributed by atoms with Crippen LogP contribution >= 0.6 is 0 Å². The topological polar surface area (TPSA) is 69.0 Å². The van der Waals surface area contributed by atoms with Crippen molar-refractivity contribution in [2.24, 2.45) is 11.3 Å². The van der Waals surface area contributed by atoms with Crippen molar-refractivity contribution in [3.8, 4) is 5.75 Å². The molecule has 2 aromatic heterocycles. The molecule has 11 heteroatoms. The number of rotatable bonds is 5. The summed E-state index contributed by atoms with van der Waals surface area (Å²) in [4.78, 5) is 16.0. The second kappa shape index (κ2) is 9.67. The molecule has 3 aromatic rings. The van der Waals surface area contributed by atoms with Crippen LogP contribution in [-0.2, 0) is 6.18 Å². The summed E-state index contributed by atoms with van der Waals surface area (Å²) in [7, 11) is 0. The Labute approximate surface area is 204 Å². The summed E-state index contributed by atoms with van der Waals surface area (Å²) in [6.45, 7) is 3.51. The zero-order valence-corrected chi connectivity index (χ0v) is 20.1. The number of alkyl halides is 5. The lowest BCUT2D eigenvalue weighted by Crippen LogP contribution is -2.27. The van der Waals surface area contributed by atoms with Gasteiger partial charge in [-0.2, -0.15) is 27.1 Å². The lowest BCUT2D eigenvalue weighted by atomic mass is 9.71. The molecule has 1 amide bonds. The largest absolute Gasteiger partial charge is 0.433 e. The van der Waals surface area contributed by atoms with Crippen LogP contribution in [0.25, 0.3) is 10.9 Å². The Morgan fingerprint density at radius 3 is 2.42 bits per heavy atom. The smallest absolute Gasteiger partial charge is 0.433 e. The van der Waals surface area contributed by atoms with E-state index in [1.54, 1.807) is 6.20 Å². The van der Waals surface area contributed by atoms with Crippen LogP contribution in [0.4, 0.5) is 27.6 Å². The molecule has 6 nitrogen and oxygen atoms in total. The van der Waals surface area contributed by atoms with Crippen LogP contribution in [0.3, 0.4) is 0 Å². The van der Waals surface area contributed by atoms with Gasteiger partial charge in [-0.05, 0) is 55.2 Å². The number of fused-ring (bicyclic) bond motifs is 1. The fourth-order valence-electron chi connectivity index (χ4n) is 4.66. The zero-order chi connectivity index (χ0) is 26.3. The minimum Gasteiger partial charge on any atom is -0.433 e. The van der Waals surface area contributed by atoms with Gasteiger partial charge >= 0.3 is 12.8 Å². The van der Waals surface area contributed by atoms with E-state index in [0.29, 0.717) is 16.8 Å². The Morgan fingerprint density at radius 1 is 1.11 bits per heavy atom. The lowest BCUT2D eigenvalue weighted by Gasteiger charge is -2.37. The Hall–Kier alpha value is -3.24. The number of carbonyl (C=O) groups is 1. The first-order chi connectivity index (χ1) is 16.8. The highest BCUT2D eigenvalue weighted by Gasteiger charge is 2.33. The third-order valence-corrected chi connectivity index (χ3v) is 6.66. The number of anilines is 1.